The Morgan fingerprint density at radius 2 is 1.88 bits per heavy atom. The van der Waals surface area contributed by atoms with E-state index in [0.717, 1.165) is 6.42 Å². The number of rotatable bonds is 1. The molecule has 1 nitrogen and oxygen atoms in total. The Bertz CT molecular complexity index is 1210. The van der Waals surface area contributed by atoms with Crippen LogP contribution in [-0.2, 0) is 0 Å². The summed E-state index contributed by atoms with van der Waals surface area (Å²) in [7, 11) is 0. The predicted molar refractivity (Wildman–Crippen MR) is 110 cm³/mol. The second-order valence-electron chi connectivity index (χ2n) is 7.38. The molecule has 0 N–H and O–H groups in total. The largest absolute Gasteiger partial charge is 0.264 e. The third-order valence-corrected chi connectivity index (χ3v) is 5.49. The molecule has 2 atom stereocenters. The zero-order chi connectivity index (χ0) is 17.5. The zero-order valence-corrected chi connectivity index (χ0v) is 14.9. The third-order valence-electron chi connectivity index (χ3n) is 5.49. The van der Waals surface area contributed by atoms with Gasteiger partial charge in [0.05, 0.1) is 0 Å². The molecule has 0 saturated carbocycles. The molecule has 0 radical (unpaired) electrons. The van der Waals surface area contributed by atoms with Crippen LogP contribution in [0.4, 0.5) is 0 Å². The highest BCUT2D eigenvalue weighted by Gasteiger charge is 2.15. The van der Waals surface area contributed by atoms with Gasteiger partial charge in [0, 0.05) is 18.3 Å². The van der Waals surface area contributed by atoms with Gasteiger partial charge in [-0.15, -0.1) is 0 Å². The molecule has 0 fully saturated rings. The summed E-state index contributed by atoms with van der Waals surface area (Å²) in [5.74, 6) is 0.933. The van der Waals surface area contributed by atoms with Crippen molar-refractivity contribution < 1.29 is 0 Å². The number of allylic oxidation sites excluding steroid dienone is 6. The topological polar surface area (TPSA) is 12.9 Å². The summed E-state index contributed by atoms with van der Waals surface area (Å²) in [6.45, 7) is 2.29. The zero-order valence-electron chi connectivity index (χ0n) is 14.9. The molecular formula is C25H21N. The lowest BCUT2D eigenvalue weighted by Crippen LogP contribution is -2.50. The van der Waals surface area contributed by atoms with E-state index in [1.54, 1.807) is 0 Å². The summed E-state index contributed by atoms with van der Waals surface area (Å²) in [6.07, 6.45) is 23.4. The Hall–Kier alpha value is -2.93. The fourth-order valence-electron chi connectivity index (χ4n) is 4.12. The third kappa shape index (κ3) is 2.61. The van der Waals surface area contributed by atoms with E-state index in [1.807, 2.05) is 18.5 Å². The minimum atomic E-state index is 0.303. The maximum absolute atomic E-state index is 4.27. The smallest absolute Gasteiger partial charge is 0.0346 e. The van der Waals surface area contributed by atoms with Gasteiger partial charge in [-0.1, -0.05) is 67.7 Å². The SMILES string of the molecule is CC1C=c2ccc3c(c2=CC1)=CC1=CC=CC(c2cccnc2)=CC1C=3. The number of hydrogen-bond donors (Lipinski definition) is 0. The van der Waals surface area contributed by atoms with Gasteiger partial charge in [0.2, 0.25) is 0 Å². The Morgan fingerprint density at radius 3 is 2.73 bits per heavy atom. The van der Waals surface area contributed by atoms with E-state index in [1.165, 1.54) is 37.6 Å². The average molecular weight is 335 g/mol. The minimum Gasteiger partial charge on any atom is -0.264 e. The quantitative estimate of drug-likeness (QED) is 0.780. The van der Waals surface area contributed by atoms with E-state index in [9.17, 15) is 0 Å². The maximum atomic E-state index is 4.27. The molecule has 1 aromatic carbocycles. The molecule has 1 aromatic heterocycles. The van der Waals surface area contributed by atoms with Crippen LogP contribution in [0.25, 0.3) is 29.9 Å². The molecule has 3 aliphatic rings. The van der Waals surface area contributed by atoms with Gasteiger partial charge < -0.3 is 0 Å². The fourth-order valence-corrected chi connectivity index (χ4v) is 4.12. The van der Waals surface area contributed by atoms with Crippen molar-refractivity contribution in [1.29, 1.82) is 0 Å². The first kappa shape index (κ1) is 15.3. The number of pyridine rings is 1. The first-order valence-corrected chi connectivity index (χ1v) is 9.33. The first-order chi connectivity index (χ1) is 12.8. The van der Waals surface area contributed by atoms with Gasteiger partial charge in [-0.05, 0) is 62.1 Å². The highest BCUT2D eigenvalue weighted by atomic mass is 14.6. The molecule has 0 saturated heterocycles. The van der Waals surface area contributed by atoms with Crippen LogP contribution in [0.2, 0.25) is 0 Å². The molecule has 2 aromatic rings. The predicted octanol–water partition coefficient (Wildman–Crippen LogP) is 2.45. The molecule has 1 heterocycles. The molecule has 5 rings (SSSR count). The van der Waals surface area contributed by atoms with Crippen molar-refractivity contribution >= 4 is 29.9 Å². The summed E-state index contributed by atoms with van der Waals surface area (Å²) in [6, 6.07) is 8.67. The number of hydrogen-bond acceptors (Lipinski definition) is 1. The van der Waals surface area contributed by atoms with Crippen molar-refractivity contribution in [2.75, 3.05) is 0 Å². The highest BCUT2D eigenvalue weighted by Crippen LogP contribution is 2.27. The first-order valence-electron chi connectivity index (χ1n) is 9.33. The van der Waals surface area contributed by atoms with Crippen LogP contribution >= 0.6 is 0 Å². The van der Waals surface area contributed by atoms with Crippen molar-refractivity contribution in [3.05, 3.63) is 93.0 Å². The summed E-state index contributed by atoms with van der Waals surface area (Å²) in [4.78, 5) is 4.27. The van der Waals surface area contributed by atoms with E-state index in [4.69, 9.17) is 0 Å². The summed E-state index contributed by atoms with van der Waals surface area (Å²) >= 11 is 0. The Morgan fingerprint density at radius 1 is 1.00 bits per heavy atom. The van der Waals surface area contributed by atoms with Gasteiger partial charge in [0.15, 0.2) is 0 Å². The van der Waals surface area contributed by atoms with Crippen LogP contribution in [0.5, 0.6) is 0 Å². The summed E-state index contributed by atoms with van der Waals surface area (Å²) in [5, 5.41) is 5.50. The minimum absolute atomic E-state index is 0.303. The number of aromatic nitrogens is 1. The van der Waals surface area contributed by atoms with E-state index >= 15 is 0 Å². The van der Waals surface area contributed by atoms with Crippen LogP contribution < -0.4 is 20.9 Å². The number of nitrogens with zero attached hydrogens (tertiary/aromatic N) is 1. The normalized spacial score (nSPS) is 22.7. The fraction of sp³-hybridized carbons (Fsp3) is 0.160. The number of benzene rings is 1. The molecule has 1 heteroatoms. The van der Waals surface area contributed by atoms with Gasteiger partial charge in [-0.3, -0.25) is 4.98 Å². The van der Waals surface area contributed by atoms with E-state index in [2.05, 4.69) is 78.7 Å². The van der Waals surface area contributed by atoms with Crippen LogP contribution in [0.1, 0.15) is 18.9 Å². The van der Waals surface area contributed by atoms with Gasteiger partial charge in [0.25, 0.3) is 0 Å². The Kier molecular flexibility index (Phi) is 3.60. The Balaban J connectivity index is 1.70. The average Bonchev–Trinajstić information content (AvgIpc) is 2.88. The van der Waals surface area contributed by atoms with Crippen molar-refractivity contribution in [2.45, 2.75) is 13.3 Å². The lowest BCUT2D eigenvalue weighted by molar-refractivity contribution is 0.799. The lowest BCUT2D eigenvalue weighted by atomic mass is 9.88. The lowest BCUT2D eigenvalue weighted by Gasteiger charge is -2.16. The molecule has 126 valence electrons. The number of fused-ring (bicyclic) bond motifs is 4. The molecule has 0 spiro atoms. The molecule has 2 unspecified atom stereocenters. The summed E-state index contributed by atoms with van der Waals surface area (Å²) in [5.41, 5.74) is 3.75. The second kappa shape index (κ2) is 6.10. The van der Waals surface area contributed by atoms with Crippen molar-refractivity contribution in [3.8, 4) is 0 Å². The highest BCUT2D eigenvalue weighted by molar-refractivity contribution is 5.78. The van der Waals surface area contributed by atoms with Gasteiger partial charge >= 0.3 is 0 Å². The molecule has 3 aliphatic carbocycles. The maximum Gasteiger partial charge on any atom is 0.0346 e. The molecule has 0 aliphatic heterocycles. The summed E-state index contributed by atoms with van der Waals surface area (Å²) < 4.78 is 0. The van der Waals surface area contributed by atoms with Crippen molar-refractivity contribution in [3.63, 3.8) is 0 Å². The molecular weight excluding hydrogens is 314 g/mol. The van der Waals surface area contributed by atoms with E-state index < -0.39 is 0 Å². The van der Waals surface area contributed by atoms with Crippen LogP contribution in [-0.4, -0.2) is 4.98 Å². The van der Waals surface area contributed by atoms with Crippen molar-refractivity contribution in [1.82, 2.24) is 4.98 Å². The van der Waals surface area contributed by atoms with Crippen LogP contribution in [0.3, 0.4) is 0 Å². The molecule has 0 bridgehead atoms. The van der Waals surface area contributed by atoms with Crippen molar-refractivity contribution in [2.24, 2.45) is 11.8 Å². The Labute approximate surface area is 153 Å². The molecule has 0 amide bonds. The van der Waals surface area contributed by atoms with Crippen LogP contribution in [0, 0.1) is 11.8 Å². The monoisotopic (exact) mass is 335 g/mol. The second-order valence-corrected chi connectivity index (χ2v) is 7.38. The standard InChI is InChI=1S/C25H21N/c1-17-7-10-24-20(12-17)8-9-21-14-23-13-18(22-6-3-11-26-16-22)4-2-5-19(23)15-25(21)24/h2-6,8-17,23H,7H2,1H3. The van der Waals surface area contributed by atoms with Gasteiger partial charge in [-0.25, -0.2) is 0 Å². The molecule has 26 heavy (non-hydrogen) atoms. The van der Waals surface area contributed by atoms with Gasteiger partial charge in [-0.2, -0.15) is 0 Å². The van der Waals surface area contributed by atoms with Gasteiger partial charge in [0.1, 0.15) is 0 Å². The van der Waals surface area contributed by atoms with E-state index in [0.29, 0.717) is 11.8 Å². The van der Waals surface area contributed by atoms with Crippen LogP contribution in [0.15, 0.2) is 66.5 Å². The van der Waals surface area contributed by atoms with E-state index in [-0.39, 0.29) is 0 Å².